The second-order valence-corrected chi connectivity index (χ2v) is 9.57. The van der Waals surface area contributed by atoms with Crippen LogP contribution in [0.25, 0.3) is 0 Å². The van der Waals surface area contributed by atoms with E-state index < -0.39 is 27.9 Å². The number of nitrogens with zero attached hydrogens (tertiary/aromatic N) is 2. The average molecular weight is 373 g/mol. The van der Waals surface area contributed by atoms with Gasteiger partial charge in [0, 0.05) is 27.3 Å². The van der Waals surface area contributed by atoms with Gasteiger partial charge in [0.2, 0.25) is 10.0 Å². The molecule has 0 radical (unpaired) electrons. The van der Waals surface area contributed by atoms with Crippen molar-refractivity contribution in [2.24, 2.45) is 12.5 Å². The van der Waals surface area contributed by atoms with Gasteiger partial charge in [-0.05, 0) is 24.3 Å². The molecule has 1 aromatic heterocycles. The maximum absolute atomic E-state index is 12.4. The highest BCUT2D eigenvalue weighted by atomic mass is 32.2. The molecule has 2 N–H and O–H groups in total. The molecule has 1 atom stereocenters. The molecule has 0 spiro atoms. The summed E-state index contributed by atoms with van der Waals surface area (Å²) >= 11 is 0. The molecule has 1 amide bonds. The minimum atomic E-state index is -3.67. The molecule has 0 saturated heterocycles. The molecule has 0 bridgehead atoms. The summed E-state index contributed by atoms with van der Waals surface area (Å²) in [6.07, 6.45) is 2.24. The fraction of sp³-hybridized carbons (Fsp3) is 0.625. The molecule has 1 aromatic rings. The number of sulfonamides is 1. The van der Waals surface area contributed by atoms with Crippen LogP contribution >= 0.6 is 0 Å². The first-order valence-corrected chi connectivity index (χ1v) is 9.32. The maximum atomic E-state index is 12.4. The number of nitrogens with one attached hydrogen (secondary N) is 1. The fourth-order valence-corrected chi connectivity index (χ4v) is 3.15. The largest absolute Gasteiger partial charge is 0.480 e. The van der Waals surface area contributed by atoms with Crippen molar-refractivity contribution in [3.05, 3.63) is 18.0 Å². The molecule has 0 aliphatic carbocycles. The highest BCUT2D eigenvalue weighted by molar-refractivity contribution is 7.89. The zero-order chi connectivity index (χ0) is 19.6. The summed E-state index contributed by atoms with van der Waals surface area (Å²) in [5.41, 5.74) is 0.0264. The van der Waals surface area contributed by atoms with Gasteiger partial charge in [-0.1, -0.05) is 20.8 Å². The van der Waals surface area contributed by atoms with E-state index in [1.165, 1.54) is 38.0 Å². The summed E-state index contributed by atoms with van der Waals surface area (Å²) in [6, 6.07) is 0.211. The topological polar surface area (TPSA) is 109 Å². The zero-order valence-corrected chi connectivity index (χ0v) is 16.3. The Morgan fingerprint density at radius 2 is 1.88 bits per heavy atom. The Bertz CT molecular complexity index is 744. The van der Waals surface area contributed by atoms with Crippen LogP contribution in [0.4, 0.5) is 0 Å². The van der Waals surface area contributed by atoms with Crippen molar-refractivity contribution < 1.29 is 23.1 Å². The second kappa shape index (κ2) is 7.57. The van der Waals surface area contributed by atoms with Crippen LogP contribution in [0.15, 0.2) is 17.2 Å². The molecule has 0 saturated carbocycles. The highest BCUT2D eigenvalue weighted by Gasteiger charge is 2.26. The molecule has 0 aliphatic rings. The van der Waals surface area contributed by atoms with Gasteiger partial charge in [-0.25, -0.2) is 17.5 Å². The van der Waals surface area contributed by atoms with Crippen molar-refractivity contribution in [2.45, 2.75) is 44.6 Å². The summed E-state index contributed by atoms with van der Waals surface area (Å²) in [6.45, 7) is 5.97. The number of carbonyl (C=O) groups excluding carboxylic acids is 1. The number of aromatic nitrogens is 1. The van der Waals surface area contributed by atoms with Gasteiger partial charge < -0.3 is 15.0 Å². The number of carboxylic acids is 1. The second-order valence-electron chi connectivity index (χ2n) is 7.42. The quantitative estimate of drug-likeness (QED) is 0.748. The monoisotopic (exact) mass is 373 g/mol. The molecule has 0 aromatic carbocycles. The summed E-state index contributed by atoms with van der Waals surface area (Å²) in [4.78, 5) is 23.8. The van der Waals surface area contributed by atoms with E-state index in [4.69, 9.17) is 0 Å². The number of carboxylic acid groups (broad SMARTS) is 1. The molecule has 1 rings (SSSR count). The van der Waals surface area contributed by atoms with Crippen LogP contribution in [0.1, 0.15) is 44.1 Å². The third-order valence-electron chi connectivity index (χ3n) is 3.78. The summed E-state index contributed by atoms with van der Waals surface area (Å²) in [5, 5.41) is 11.8. The van der Waals surface area contributed by atoms with Crippen LogP contribution < -0.4 is 5.32 Å². The summed E-state index contributed by atoms with van der Waals surface area (Å²) in [5.74, 6) is -1.74. The Morgan fingerprint density at radius 3 is 2.32 bits per heavy atom. The van der Waals surface area contributed by atoms with E-state index in [9.17, 15) is 23.1 Å². The normalized spacial score (nSPS) is 13.7. The van der Waals surface area contributed by atoms with Crippen molar-refractivity contribution in [1.29, 1.82) is 0 Å². The van der Waals surface area contributed by atoms with Gasteiger partial charge in [0.15, 0.2) is 0 Å². The molecule has 8 nitrogen and oxygen atoms in total. The molecular weight excluding hydrogens is 346 g/mol. The molecule has 0 fully saturated rings. The standard InChI is InChI=1S/C16H27N3O5S/c1-16(2,3)8-7-12(15(21)22)17-14(20)13-9-11(10-19(13)6)25(23,24)18(4)5/h9-10,12H,7-8H2,1-6H3,(H,17,20)(H,21,22). The minimum absolute atomic E-state index is 0.0216. The zero-order valence-electron chi connectivity index (χ0n) is 15.5. The van der Waals surface area contributed by atoms with E-state index in [0.717, 1.165) is 4.31 Å². The van der Waals surface area contributed by atoms with E-state index in [1.807, 2.05) is 20.8 Å². The van der Waals surface area contributed by atoms with E-state index in [-0.39, 0.29) is 22.4 Å². The van der Waals surface area contributed by atoms with Crippen LogP contribution in [0.5, 0.6) is 0 Å². The van der Waals surface area contributed by atoms with Gasteiger partial charge in [-0.15, -0.1) is 0 Å². The number of hydrogen-bond donors (Lipinski definition) is 2. The number of amides is 1. The van der Waals surface area contributed by atoms with Crippen molar-refractivity contribution in [1.82, 2.24) is 14.2 Å². The first kappa shape index (κ1) is 21.2. The van der Waals surface area contributed by atoms with Gasteiger partial charge >= 0.3 is 5.97 Å². The average Bonchev–Trinajstić information content (AvgIpc) is 2.84. The molecule has 0 aliphatic heterocycles. The van der Waals surface area contributed by atoms with Crippen molar-refractivity contribution in [3.8, 4) is 0 Å². The van der Waals surface area contributed by atoms with Crippen molar-refractivity contribution in [2.75, 3.05) is 14.1 Å². The van der Waals surface area contributed by atoms with E-state index in [1.54, 1.807) is 0 Å². The van der Waals surface area contributed by atoms with Gasteiger partial charge in [0.25, 0.3) is 5.91 Å². The lowest BCUT2D eigenvalue weighted by atomic mass is 9.88. The Balaban J connectivity index is 2.99. The molecule has 9 heteroatoms. The fourth-order valence-electron chi connectivity index (χ4n) is 2.18. The Kier molecular flexibility index (Phi) is 6.41. The predicted molar refractivity (Wildman–Crippen MR) is 93.9 cm³/mol. The number of hydrogen-bond acceptors (Lipinski definition) is 4. The Labute approximate surface area is 148 Å². The highest BCUT2D eigenvalue weighted by Crippen LogP contribution is 2.22. The van der Waals surface area contributed by atoms with Gasteiger partial charge in [0.05, 0.1) is 0 Å². The van der Waals surface area contributed by atoms with Gasteiger partial charge in [-0.2, -0.15) is 0 Å². The smallest absolute Gasteiger partial charge is 0.326 e. The number of rotatable bonds is 7. The van der Waals surface area contributed by atoms with E-state index >= 15 is 0 Å². The Morgan fingerprint density at radius 1 is 1.32 bits per heavy atom. The lowest BCUT2D eigenvalue weighted by Gasteiger charge is -2.21. The van der Waals surface area contributed by atoms with Crippen LogP contribution in [0, 0.1) is 5.41 Å². The first-order valence-electron chi connectivity index (χ1n) is 7.88. The molecule has 142 valence electrons. The summed E-state index contributed by atoms with van der Waals surface area (Å²) < 4.78 is 26.7. The minimum Gasteiger partial charge on any atom is -0.480 e. The third-order valence-corrected chi connectivity index (χ3v) is 5.56. The molecule has 1 unspecified atom stereocenters. The molecular formula is C16H27N3O5S. The maximum Gasteiger partial charge on any atom is 0.326 e. The third kappa shape index (κ3) is 5.57. The number of aliphatic carboxylic acids is 1. The lowest BCUT2D eigenvalue weighted by Crippen LogP contribution is -2.41. The SMILES string of the molecule is CN(C)S(=O)(=O)c1cc(C(=O)NC(CCC(C)(C)C)C(=O)O)n(C)c1. The van der Waals surface area contributed by atoms with Crippen LogP contribution in [-0.2, 0) is 21.9 Å². The van der Waals surface area contributed by atoms with Crippen molar-refractivity contribution >= 4 is 21.9 Å². The summed E-state index contributed by atoms with van der Waals surface area (Å²) in [7, 11) is 0.662. The van der Waals surface area contributed by atoms with Gasteiger partial charge in [-0.3, -0.25) is 4.79 Å². The van der Waals surface area contributed by atoms with E-state index in [2.05, 4.69) is 5.32 Å². The Hall–Kier alpha value is -1.87. The van der Waals surface area contributed by atoms with Gasteiger partial charge in [0.1, 0.15) is 16.6 Å². The first-order chi connectivity index (χ1) is 11.3. The van der Waals surface area contributed by atoms with E-state index in [0.29, 0.717) is 6.42 Å². The number of aryl methyl sites for hydroxylation is 1. The van der Waals surface area contributed by atoms with Crippen LogP contribution in [-0.4, -0.2) is 54.4 Å². The molecule has 25 heavy (non-hydrogen) atoms. The molecule has 1 heterocycles. The predicted octanol–water partition coefficient (Wildman–Crippen LogP) is 1.28. The van der Waals surface area contributed by atoms with Crippen LogP contribution in [0.3, 0.4) is 0 Å². The number of carbonyl (C=O) groups is 2. The van der Waals surface area contributed by atoms with Crippen molar-refractivity contribution in [3.63, 3.8) is 0 Å². The lowest BCUT2D eigenvalue weighted by molar-refractivity contribution is -0.139. The van der Waals surface area contributed by atoms with Crippen LogP contribution in [0.2, 0.25) is 0 Å².